The van der Waals surface area contributed by atoms with Gasteiger partial charge < -0.3 is 14.7 Å². The van der Waals surface area contributed by atoms with E-state index in [1.807, 2.05) is 0 Å². The summed E-state index contributed by atoms with van der Waals surface area (Å²) in [7, 11) is 4.24. The highest BCUT2D eigenvalue weighted by molar-refractivity contribution is 5.56. The van der Waals surface area contributed by atoms with E-state index in [0.717, 1.165) is 51.7 Å². The van der Waals surface area contributed by atoms with Crippen molar-refractivity contribution >= 4 is 5.69 Å². The zero-order valence-electron chi connectivity index (χ0n) is 24.2. The molecule has 0 saturated heterocycles. The molecule has 0 aromatic heterocycles. The number of hydrogen-bond donors (Lipinski definition) is 1. The molecular weight excluding hydrogens is 454 g/mol. The van der Waals surface area contributed by atoms with Crippen LogP contribution in [-0.2, 0) is 4.74 Å². The molecule has 1 heterocycles. The zero-order chi connectivity index (χ0) is 26.6. The van der Waals surface area contributed by atoms with Crippen LogP contribution in [0.2, 0.25) is 0 Å². The van der Waals surface area contributed by atoms with E-state index in [0.29, 0.717) is 17.8 Å². The normalized spacial score (nSPS) is 35.1. The van der Waals surface area contributed by atoms with E-state index >= 15 is 0 Å². The number of rotatable bonds is 2. The number of aryl methyl sites for hydroxylation is 1. The molecule has 2 saturated carbocycles. The summed E-state index contributed by atoms with van der Waals surface area (Å²) in [4.78, 5) is 2.20. The minimum atomic E-state index is -0.928. The summed E-state index contributed by atoms with van der Waals surface area (Å²) < 4.78 is 5.84. The number of hydrogen-bond acceptors (Lipinski definition) is 3. The maximum Gasteiger partial charge on any atom is 0.131 e. The van der Waals surface area contributed by atoms with Crippen molar-refractivity contribution in [1.82, 2.24) is 0 Å². The first-order valence-electron chi connectivity index (χ1n) is 14.5. The maximum absolute atomic E-state index is 12.2. The van der Waals surface area contributed by atoms with Gasteiger partial charge in [0.1, 0.15) is 5.60 Å². The predicted molar refractivity (Wildman–Crippen MR) is 154 cm³/mol. The largest absolute Gasteiger partial charge is 0.377 e. The molecule has 0 amide bonds. The molecule has 5 rings (SSSR count). The number of benzene rings is 1. The van der Waals surface area contributed by atoms with E-state index < -0.39 is 5.60 Å². The van der Waals surface area contributed by atoms with Gasteiger partial charge in [-0.15, -0.1) is 0 Å². The van der Waals surface area contributed by atoms with Gasteiger partial charge in [-0.2, -0.15) is 0 Å². The lowest BCUT2D eigenvalue weighted by molar-refractivity contribution is -0.0515. The smallest absolute Gasteiger partial charge is 0.131 e. The third-order valence-corrected chi connectivity index (χ3v) is 9.84. The first-order valence-corrected chi connectivity index (χ1v) is 14.5. The molecule has 1 aromatic carbocycles. The minimum absolute atomic E-state index is 0.115. The summed E-state index contributed by atoms with van der Waals surface area (Å²) in [6, 6.07) is 7.08. The van der Waals surface area contributed by atoms with Crippen molar-refractivity contribution in [1.29, 1.82) is 0 Å². The number of fused-ring (bicyclic) bond motifs is 4. The average molecular weight is 502 g/mol. The van der Waals surface area contributed by atoms with Crippen LogP contribution in [0.15, 0.2) is 41.0 Å². The summed E-state index contributed by atoms with van der Waals surface area (Å²) >= 11 is 0. The molecule has 3 aliphatic carbocycles. The Balaban J connectivity index is 1.67. The molecule has 1 aliphatic heterocycles. The van der Waals surface area contributed by atoms with Gasteiger partial charge in [-0.25, -0.2) is 0 Å². The Labute approximate surface area is 225 Å². The van der Waals surface area contributed by atoms with Crippen molar-refractivity contribution in [3.63, 3.8) is 0 Å². The van der Waals surface area contributed by atoms with Gasteiger partial charge in [0, 0.05) is 43.1 Å². The fourth-order valence-electron chi connectivity index (χ4n) is 8.00. The lowest BCUT2D eigenvalue weighted by Crippen LogP contribution is -2.51. The SMILES string of the molecule is Cc1cc([C@H]2C[C@@]3(C)[C@@H](CC[C@@]3(O)C#CC(C)(C)C)[C@@H]3CC/C4=C/COCCCC4=C32)ccc1N(C)C. The lowest BCUT2D eigenvalue weighted by atomic mass is 9.51. The van der Waals surface area contributed by atoms with Crippen molar-refractivity contribution in [3.05, 3.63) is 52.1 Å². The second kappa shape index (κ2) is 9.62. The number of nitrogens with zero attached hydrogens (tertiary/aromatic N) is 1. The summed E-state index contributed by atoms with van der Waals surface area (Å²) in [6.45, 7) is 12.6. The summed E-state index contributed by atoms with van der Waals surface area (Å²) in [5.41, 5.74) is 7.59. The van der Waals surface area contributed by atoms with Gasteiger partial charge in [0.15, 0.2) is 0 Å². The highest BCUT2D eigenvalue weighted by Crippen LogP contribution is 2.66. The number of aliphatic hydroxyl groups is 1. The maximum atomic E-state index is 12.2. The van der Waals surface area contributed by atoms with Crippen LogP contribution in [0, 0.1) is 41.4 Å². The molecule has 200 valence electrons. The summed E-state index contributed by atoms with van der Waals surface area (Å²) in [5.74, 6) is 8.23. The molecule has 0 bridgehead atoms. The predicted octanol–water partition coefficient (Wildman–Crippen LogP) is 7.19. The molecule has 0 radical (unpaired) electrons. The highest BCUT2D eigenvalue weighted by Gasteiger charge is 2.62. The Morgan fingerprint density at radius 3 is 2.62 bits per heavy atom. The van der Waals surface area contributed by atoms with Gasteiger partial charge in [0.25, 0.3) is 0 Å². The summed E-state index contributed by atoms with van der Waals surface area (Å²) in [6.07, 6.45) is 9.71. The Hall–Kier alpha value is -2.02. The minimum Gasteiger partial charge on any atom is -0.377 e. The van der Waals surface area contributed by atoms with E-state index in [4.69, 9.17) is 4.74 Å². The van der Waals surface area contributed by atoms with Crippen molar-refractivity contribution in [2.24, 2.45) is 22.7 Å². The summed E-state index contributed by atoms with van der Waals surface area (Å²) in [5, 5.41) is 12.2. The second-order valence-electron chi connectivity index (χ2n) is 13.6. The standard InChI is InChI=1S/C34H47NO2/c1-23-21-25(11-13-30(23)35(6)7)28-22-33(5)29(14-16-34(33,36)18-17-32(2,3)4)27-12-10-24-15-20-37-19-8-9-26(24)31(27)28/h11,13,15,21,27-29,36H,8-10,12,14,16,19-20,22H2,1-7H3/b24-15-/t27-,28+,29-,33-,34+/m0/s1. The van der Waals surface area contributed by atoms with Gasteiger partial charge in [-0.05, 0) is 113 Å². The molecule has 0 unspecified atom stereocenters. The van der Waals surface area contributed by atoms with Crippen LogP contribution in [0.4, 0.5) is 5.69 Å². The molecule has 4 aliphatic rings. The Morgan fingerprint density at radius 2 is 1.92 bits per heavy atom. The van der Waals surface area contributed by atoms with Gasteiger partial charge in [0.05, 0.1) is 6.61 Å². The van der Waals surface area contributed by atoms with Crippen LogP contribution in [0.1, 0.15) is 89.7 Å². The van der Waals surface area contributed by atoms with Gasteiger partial charge in [-0.3, -0.25) is 0 Å². The van der Waals surface area contributed by atoms with Crippen LogP contribution in [-0.4, -0.2) is 38.0 Å². The van der Waals surface area contributed by atoms with Crippen molar-refractivity contribution < 1.29 is 9.84 Å². The number of anilines is 1. The Kier molecular flexibility index (Phi) is 6.91. The third kappa shape index (κ3) is 4.70. The van der Waals surface area contributed by atoms with Crippen molar-refractivity contribution in [2.75, 3.05) is 32.2 Å². The molecule has 3 heteroatoms. The van der Waals surface area contributed by atoms with Gasteiger partial charge in [0.2, 0.25) is 0 Å². The molecule has 0 spiro atoms. The lowest BCUT2D eigenvalue weighted by Gasteiger charge is -2.53. The zero-order valence-corrected chi connectivity index (χ0v) is 24.2. The molecule has 37 heavy (non-hydrogen) atoms. The van der Waals surface area contributed by atoms with Crippen LogP contribution in [0.5, 0.6) is 0 Å². The molecule has 1 N–H and O–H groups in total. The van der Waals surface area contributed by atoms with Crippen LogP contribution < -0.4 is 4.90 Å². The van der Waals surface area contributed by atoms with E-state index in [9.17, 15) is 5.11 Å². The fraction of sp³-hybridized carbons (Fsp3) is 0.647. The van der Waals surface area contributed by atoms with Gasteiger partial charge in [-0.1, -0.05) is 42.5 Å². The van der Waals surface area contributed by atoms with Gasteiger partial charge >= 0.3 is 0 Å². The monoisotopic (exact) mass is 501 g/mol. The quantitative estimate of drug-likeness (QED) is 0.435. The molecule has 2 fully saturated rings. The highest BCUT2D eigenvalue weighted by atomic mass is 16.5. The van der Waals surface area contributed by atoms with E-state index in [-0.39, 0.29) is 10.8 Å². The van der Waals surface area contributed by atoms with Crippen molar-refractivity contribution in [2.45, 2.75) is 91.1 Å². The molecule has 3 nitrogen and oxygen atoms in total. The first kappa shape index (κ1) is 26.6. The van der Waals surface area contributed by atoms with Crippen LogP contribution in [0.25, 0.3) is 0 Å². The van der Waals surface area contributed by atoms with E-state index in [1.165, 1.54) is 28.8 Å². The van der Waals surface area contributed by atoms with Crippen LogP contribution in [0.3, 0.4) is 0 Å². The Bertz CT molecular complexity index is 1170. The van der Waals surface area contributed by atoms with Crippen LogP contribution >= 0.6 is 0 Å². The molecule has 5 atom stereocenters. The molecule has 1 aromatic rings. The number of ether oxygens (including phenoxy) is 1. The number of allylic oxidation sites excluding steroid dienone is 3. The third-order valence-electron chi connectivity index (χ3n) is 9.84. The first-order chi connectivity index (χ1) is 17.4. The molecular formula is C34H47NO2. The van der Waals surface area contributed by atoms with Crippen molar-refractivity contribution in [3.8, 4) is 11.8 Å². The average Bonchev–Trinajstić information content (AvgIpc) is 3.07. The Morgan fingerprint density at radius 1 is 1.14 bits per heavy atom. The fourth-order valence-corrected chi connectivity index (χ4v) is 8.00. The van der Waals surface area contributed by atoms with E-state index in [2.05, 4.69) is 89.7 Å². The van der Waals surface area contributed by atoms with E-state index in [1.54, 1.807) is 11.1 Å². The topological polar surface area (TPSA) is 32.7 Å². The second-order valence-corrected chi connectivity index (χ2v) is 13.6.